The number of alkyl halides is 2. The molecule has 1 aromatic rings. The number of nitrogens with zero attached hydrogens (tertiary/aromatic N) is 2. The molecule has 1 heterocycles. The number of rotatable bonds is 3. The second kappa shape index (κ2) is 4.55. The predicted octanol–water partition coefficient (Wildman–Crippen LogP) is 2.34. The predicted molar refractivity (Wildman–Crippen MR) is 54.0 cm³/mol. The van der Waals surface area contributed by atoms with E-state index < -0.39 is 22.6 Å². The van der Waals surface area contributed by atoms with Crippen LogP contribution in [0.3, 0.4) is 0 Å². The lowest BCUT2D eigenvalue weighted by atomic mass is 10.2. The lowest BCUT2D eigenvalue weighted by Crippen LogP contribution is -2.03. The van der Waals surface area contributed by atoms with Gasteiger partial charge < -0.3 is 0 Å². The fourth-order valence-corrected chi connectivity index (χ4v) is 1.74. The van der Waals surface area contributed by atoms with Gasteiger partial charge in [0.25, 0.3) is 6.43 Å². The van der Waals surface area contributed by atoms with Gasteiger partial charge in [-0.1, -0.05) is 0 Å². The molecule has 1 aromatic heterocycles. The molecule has 0 unspecified atom stereocenters. The highest BCUT2D eigenvalue weighted by Gasteiger charge is 2.26. The van der Waals surface area contributed by atoms with E-state index >= 15 is 0 Å². The molecule has 8 heteroatoms. The van der Waals surface area contributed by atoms with Crippen molar-refractivity contribution in [2.75, 3.05) is 0 Å². The van der Waals surface area contributed by atoms with E-state index in [4.69, 9.17) is 0 Å². The van der Waals surface area contributed by atoms with Gasteiger partial charge in [0.1, 0.15) is 11.3 Å². The van der Waals surface area contributed by atoms with Gasteiger partial charge in [-0.15, -0.1) is 0 Å². The molecule has 80 valence electrons. The van der Waals surface area contributed by atoms with E-state index in [9.17, 15) is 23.7 Å². The average molecular weight is 328 g/mol. The fraction of sp³-hybridized carbons (Fsp3) is 0.143. The maximum absolute atomic E-state index is 12.4. The van der Waals surface area contributed by atoms with Gasteiger partial charge in [-0.25, -0.2) is 13.8 Å². The van der Waals surface area contributed by atoms with Crippen molar-refractivity contribution in [1.82, 2.24) is 4.98 Å². The number of pyridine rings is 1. The SMILES string of the molecule is O=Cc1cc(C(F)F)c([N+](=O)[O-])c(I)n1. The summed E-state index contributed by atoms with van der Waals surface area (Å²) in [5.41, 5.74) is -1.79. The third-order valence-corrected chi connectivity index (χ3v) is 2.29. The van der Waals surface area contributed by atoms with Crippen LogP contribution in [0.25, 0.3) is 0 Å². The van der Waals surface area contributed by atoms with Crippen molar-refractivity contribution in [2.45, 2.75) is 6.43 Å². The number of hydrogen-bond donors (Lipinski definition) is 0. The Labute approximate surface area is 95.8 Å². The molecular formula is C7H3F2IN2O3. The number of aromatic nitrogens is 1. The standard InChI is InChI=1S/C7H3F2IN2O3/c8-6(9)4-1-3(2-13)11-7(10)5(4)12(14)15/h1-2,6H. The Balaban J connectivity index is 3.49. The van der Waals surface area contributed by atoms with Gasteiger partial charge in [-0.05, 0) is 28.7 Å². The smallest absolute Gasteiger partial charge is 0.296 e. The van der Waals surface area contributed by atoms with Gasteiger partial charge in [0.2, 0.25) is 0 Å². The molecule has 15 heavy (non-hydrogen) atoms. The highest BCUT2D eigenvalue weighted by atomic mass is 127. The zero-order valence-corrected chi connectivity index (χ0v) is 9.14. The van der Waals surface area contributed by atoms with Crippen LogP contribution in [0.4, 0.5) is 14.5 Å². The quantitative estimate of drug-likeness (QED) is 0.281. The molecule has 0 atom stereocenters. The van der Waals surface area contributed by atoms with Crippen LogP contribution in [-0.4, -0.2) is 16.2 Å². The van der Waals surface area contributed by atoms with Crippen LogP contribution in [-0.2, 0) is 0 Å². The molecule has 1 rings (SSSR count). The summed E-state index contributed by atoms with van der Waals surface area (Å²) in [6, 6.07) is 0.720. The van der Waals surface area contributed by atoms with Gasteiger partial charge in [0.05, 0.1) is 4.92 Å². The Kier molecular flexibility index (Phi) is 3.61. The first kappa shape index (κ1) is 11.9. The fourth-order valence-electron chi connectivity index (χ4n) is 0.953. The van der Waals surface area contributed by atoms with E-state index in [2.05, 4.69) is 4.98 Å². The maximum Gasteiger partial charge on any atom is 0.309 e. The number of carbonyl (C=O) groups excluding carboxylic acids is 1. The first-order chi connectivity index (χ1) is 6.97. The number of hydrogen-bond acceptors (Lipinski definition) is 4. The summed E-state index contributed by atoms with van der Waals surface area (Å²) < 4.78 is 24.6. The second-order valence-corrected chi connectivity index (χ2v) is 3.47. The molecule has 0 radical (unpaired) electrons. The Morgan fingerprint density at radius 1 is 1.60 bits per heavy atom. The zero-order valence-electron chi connectivity index (χ0n) is 6.99. The molecule has 5 nitrogen and oxygen atoms in total. The topological polar surface area (TPSA) is 73.1 Å². The molecule has 0 amide bonds. The van der Waals surface area contributed by atoms with E-state index in [-0.39, 0.29) is 15.7 Å². The lowest BCUT2D eigenvalue weighted by molar-refractivity contribution is -0.387. The van der Waals surface area contributed by atoms with Crippen molar-refractivity contribution < 1.29 is 18.5 Å². The number of halogens is 3. The molecule has 0 fully saturated rings. The zero-order chi connectivity index (χ0) is 11.6. The molecule has 0 aliphatic carbocycles. The van der Waals surface area contributed by atoms with Crippen molar-refractivity contribution in [3.05, 3.63) is 31.1 Å². The Bertz CT molecular complexity index is 425. The van der Waals surface area contributed by atoms with Gasteiger partial charge in [0.15, 0.2) is 9.99 Å². The van der Waals surface area contributed by atoms with E-state index in [1.165, 1.54) is 22.6 Å². The van der Waals surface area contributed by atoms with Crippen molar-refractivity contribution in [3.8, 4) is 0 Å². The Morgan fingerprint density at radius 2 is 2.20 bits per heavy atom. The van der Waals surface area contributed by atoms with Gasteiger partial charge in [-0.2, -0.15) is 0 Å². The van der Waals surface area contributed by atoms with Crippen molar-refractivity contribution in [1.29, 1.82) is 0 Å². The molecule has 0 N–H and O–H groups in total. The minimum atomic E-state index is -3.01. The molecule has 0 aliphatic rings. The molecule has 0 spiro atoms. The summed E-state index contributed by atoms with van der Waals surface area (Å²) in [5, 5.41) is 10.5. The third-order valence-electron chi connectivity index (χ3n) is 1.54. The maximum atomic E-state index is 12.4. The van der Waals surface area contributed by atoms with E-state index in [0.29, 0.717) is 0 Å². The average Bonchev–Trinajstić information content (AvgIpc) is 2.15. The van der Waals surface area contributed by atoms with Crippen LogP contribution in [0.15, 0.2) is 6.07 Å². The molecule has 0 aromatic carbocycles. The minimum Gasteiger partial charge on any atom is -0.296 e. The molecule has 0 saturated heterocycles. The molecule has 0 saturated carbocycles. The van der Waals surface area contributed by atoms with Crippen molar-refractivity contribution in [3.63, 3.8) is 0 Å². The highest BCUT2D eigenvalue weighted by molar-refractivity contribution is 14.1. The summed E-state index contributed by atoms with van der Waals surface area (Å²) in [4.78, 5) is 23.4. The van der Waals surface area contributed by atoms with Crippen LogP contribution in [0.2, 0.25) is 0 Å². The second-order valence-electron chi connectivity index (χ2n) is 2.45. The summed E-state index contributed by atoms with van der Waals surface area (Å²) in [6.45, 7) is 0. The summed E-state index contributed by atoms with van der Waals surface area (Å²) in [5.74, 6) is 0. The van der Waals surface area contributed by atoms with Crippen molar-refractivity contribution >= 4 is 34.6 Å². The first-order valence-electron chi connectivity index (χ1n) is 3.55. The number of nitro groups is 1. The molecular weight excluding hydrogens is 325 g/mol. The summed E-state index contributed by atoms with van der Waals surface area (Å²) in [6.07, 6.45) is -2.75. The summed E-state index contributed by atoms with van der Waals surface area (Å²) in [7, 11) is 0. The largest absolute Gasteiger partial charge is 0.309 e. The van der Waals surface area contributed by atoms with Gasteiger partial charge in [0, 0.05) is 0 Å². The number of carbonyl (C=O) groups is 1. The normalized spacial score (nSPS) is 10.4. The van der Waals surface area contributed by atoms with Crippen molar-refractivity contribution in [2.24, 2.45) is 0 Å². The van der Waals surface area contributed by atoms with E-state index in [1.807, 2.05) is 0 Å². The number of aldehydes is 1. The van der Waals surface area contributed by atoms with Crippen LogP contribution in [0.5, 0.6) is 0 Å². The van der Waals surface area contributed by atoms with E-state index in [1.54, 1.807) is 0 Å². The first-order valence-corrected chi connectivity index (χ1v) is 4.63. The Hall–Kier alpha value is -1.19. The summed E-state index contributed by atoms with van der Waals surface area (Å²) >= 11 is 1.44. The highest BCUT2D eigenvalue weighted by Crippen LogP contribution is 2.32. The van der Waals surface area contributed by atoms with Crippen LogP contribution >= 0.6 is 22.6 Å². The van der Waals surface area contributed by atoms with Crippen LogP contribution in [0, 0.1) is 13.8 Å². The van der Waals surface area contributed by atoms with E-state index in [0.717, 1.165) is 6.07 Å². The van der Waals surface area contributed by atoms with Crippen LogP contribution < -0.4 is 0 Å². The minimum absolute atomic E-state index is 0.225. The lowest BCUT2D eigenvalue weighted by Gasteiger charge is -2.03. The third kappa shape index (κ3) is 2.43. The van der Waals surface area contributed by atoms with Gasteiger partial charge >= 0.3 is 5.69 Å². The molecule has 0 bridgehead atoms. The molecule has 0 aliphatic heterocycles. The van der Waals surface area contributed by atoms with Crippen LogP contribution in [0.1, 0.15) is 22.5 Å². The van der Waals surface area contributed by atoms with Gasteiger partial charge in [-0.3, -0.25) is 14.9 Å². The Morgan fingerprint density at radius 3 is 2.60 bits per heavy atom. The monoisotopic (exact) mass is 328 g/mol.